The van der Waals surface area contributed by atoms with Crippen molar-refractivity contribution in [2.24, 2.45) is 0 Å². The van der Waals surface area contributed by atoms with Crippen LogP contribution in [0.2, 0.25) is 0 Å². The zero-order chi connectivity index (χ0) is 29.9. The second-order valence-corrected chi connectivity index (χ2v) is 8.93. The molecular weight excluding hydrogens is 571 g/mol. The van der Waals surface area contributed by atoms with E-state index in [1.165, 1.54) is 38.8 Å². The first-order valence-electron chi connectivity index (χ1n) is 11.7. The van der Waals surface area contributed by atoms with Crippen LogP contribution in [-0.4, -0.2) is 56.0 Å². The Hall–Kier alpha value is -4.79. The molecule has 2 aromatic carbocycles. The average Bonchev–Trinajstić information content (AvgIpc) is 3.36. The van der Waals surface area contributed by atoms with Crippen LogP contribution in [0.25, 0.3) is 16.5 Å². The summed E-state index contributed by atoms with van der Waals surface area (Å²) in [5.74, 6) is -1.28. The van der Waals surface area contributed by atoms with Gasteiger partial charge in [0, 0.05) is 16.3 Å². The molecule has 0 saturated heterocycles. The molecule has 0 aliphatic heterocycles. The number of ether oxygens (including phenoxy) is 5. The van der Waals surface area contributed by atoms with E-state index in [1.54, 1.807) is 6.92 Å². The van der Waals surface area contributed by atoms with Crippen LogP contribution in [0.1, 0.15) is 27.8 Å². The number of hydrogen-bond donors (Lipinski definition) is 1. The Bertz CT molecular complexity index is 1640. The van der Waals surface area contributed by atoms with E-state index in [0.29, 0.717) is 0 Å². The summed E-state index contributed by atoms with van der Waals surface area (Å²) in [7, 11) is 4.19. The molecule has 0 bridgehead atoms. The monoisotopic (exact) mass is 593 g/mol. The number of thiophene rings is 1. The molecule has 2 aromatic heterocycles. The van der Waals surface area contributed by atoms with E-state index in [-0.39, 0.29) is 56.6 Å². The molecule has 2 heterocycles. The fraction of sp³-hybridized carbons (Fsp3) is 0.231. The van der Waals surface area contributed by atoms with E-state index < -0.39 is 29.5 Å². The standard InChI is InChI=1S/C26H22F3N3O8S/c1-5-39-25(35)20-16-12-41-23(30-22(33)13-10-17(36-2)21(38-4)18(11-13)37-3)19(16)24(34)32(31-20)14-6-8-15(9-7-14)40-26(27,28)29/h6-12H,5H2,1-4H3,(H,30,33). The van der Waals surface area contributed by atoms with E-state index >= 15 is 0 Å². The summed E-state index contributed by atoms with van der Waals surface area (Å²) in [6, 6.07) is 7.15. The Balaban J connectivity index is 1.82. The number of fused-ring (bicyclic) bond motifs is 1. The summed E-state index contributed by atoms with van der Waals surface area (Å²) in [5, 5.41) is 8.39. The van der Waals surface area contributed by atoms with Crippen molar-refractivity contribution in [2.75, 3.05) is 33.3 Å². The van der Waals surface area contributed by atoms with Crippen LogP contribution in [0.5, 0.6) is 23.0 Å². The lowest BCUT2D eigenvalue weighted by molar-refractivity contribution is -0.274. The molecule has 0 fully saturated rings. The van der Waals surface area contributed by atoms with Gasteiger partial charge in [-0.15, -0.1) is 24.5 Å². The van der Waals surface area contributed by atoms with Crippen molar-refractivity contribution in [1.82, 2.24) is 9.78 Å². The fourth-order valence-electron chi connectivity index (χ4n) is 3.84. The van der Waals surface area contributed by atoms with Crippen molar-refractivity contribution in [3.63, 3.8) is 0 Å². The van der Waals surface area contributed by atoms with Crippen LogP contribution < -0.4 is 29.8 Å². The highest BCUT2D eigenvalue weighted by atomic mass is 32.1. The predicted molar refractivity (Wildman–Crippen MR) is 142 cm³/mol. The summed E-state index contributed by atoms with van der Waals surface area (Å²) in [4.78, 5) is 39.6. The van der Waals surface area contributed by atoms with Crippen LogP contribution in [0.3, 0.4) is 0 Å². The quantitative estimate of drug-likeness (QED) is 0.272. The smallest absolute Gasteiger partial charge is 0.493 e. The molecule has 15 heteroatoms. The number of carbonyl (C=O) groups excluding carboxylic acids is 2. The van der Waals surface area contributed by atoms with Gasteiger partial charge in [0.15, 0.2) is 17.2 Å². The van der Waals surface area contributed by atoms with Gasteiger partial charge in [0.05, 0.1) is 39.0 Å². The molecule has 216 valence electrons. The van der Waals surface area contributed by atoms with Gasteiger partial charge in [-0.25, -0.2) is 4.79 Å². The van der Waals surface area contributed by atoms with Gasteiger partial charge in [0.2, 0.25) is 5.75 Å². The molecule has 41 heavy (non-hydrogen) atoms. The van der Waals surface area contributed by atoms with Crippen LogP contribution >= 0.6 is 11.3 Å². The number of carbonyl (C=O) groups is 2. The molecule has 1 amide bonds. The molecule has 0 radical (unpaired) electrons. The lowest BCUT2D eigenvalue weighted by Gasteiger charge is -2.14. The van der Waals surface area contributed by atoms with Gasteiger partial charge in [-0.3, -0.25) is 9.59 Å². The fourth-order valence-corrected chi connectivity index (χ4v) is 4.78. The average molecular weight is 594 g/mol. The van der Waals surface area contributed by atoms with Gasteiger partial charge in [0.25, 0.3) is 11.5 Å². The van der Waals surface area contributed by atoms with Gasteiger partial charge in [-0.05, 0) is 43.3 Å². The van der Waals surface area contributed by atoms with Gasteiger partial charge in [0.1, 0.15) is 10.8 Å². The van der Waals surface area contributed by atoms with Gasteiger partial charge in [-0.1, -0.05) is 0 Å². The number of aromatic nitrogens is 2. The van der Waals surface area contributed by atoms with Crippen molar-refractivity contribution in [1.29, 1.82) is 0 Å². The Morgan fingerprint density at radius 3 is 2.20 bits per heavy atom. The third-order valence-corrected chi connectivity index (χ3v) is 6.49. The van der Waals surface area contributed by atoms with Crippen molar-refractivity contribution < 1.29 is 46.4 Å². The lowest BCUT2D eigenvalue weighted by Crippen LogP contribution is -2.25. The van der Waals surface area contributed by atoms with Crippen molar-refractivity contribution in [3.05, 3.63) is 63.4 Å². The molecule has 0 unspecified atom stereocenters. The van der Waals surface area contributed by atoms with Gasteiger partial charge >= 0.3 is 12.3 Å². The highest BCUT2D eigenvalue weighted by molar-refractivity contribution is 7.16. The number of halogens is 3. The van der Waals surface area contributed by atoms with Crippen molar-refractivity contribution in [3.8, 4) is 28.7 Å². The third-order valence-electron chi connectivity index (χ3n) is 5.59. The SMILES string of the molecule is CCOC(=O)c1nn(-c2ccc(OC(F)(F)F)cc2)c(=O)c2c(NC(=O)c3cc(OC)c(OC)c(OC)c3)scc12. The van der Waals surface area contributed by atoms with Crippen LogP contribution in [0.15, 0.2) is 46.6 Å². The number of benzene rings is 2. The van der Waals surface area contributed by atoms with Crippen molar-refractivity contribution >= 4 is 39.0 Å². The molecular formula is C26H22F3N3O8S. The summed E-state index contributed by atoms with van der Waals surface area (Å²) in [5.41, 5.74) is -0.841. The number of alkyl halides is 3. The molecule has 0 aliphatic rings. The van der Waals surface area contributed by atoms with E-state index in [0.717, 1.165) is 40.3 Å². The Kier molecular flexibility index (Phi) is 8.37. The number of amides is 1. The molecule has 0 spiro atoms. The lowest BCUT2D eigenvalue weighted by atomic mass is 10.1. The first-order valence-corrected chi connectivity index (χ1v) is 12.6. The summed E-state index contributed by atoms with van der Waals surface area (Å²) in [6.45, 7) is 1.60. The normalized spacial score (nSPS) is 11.2. The number of nitrogens with zero attached hydrogens (tertiary/aromatic N) is 2. The second-order valence-electron chi connectivity index (χ2n) is 8.05. The van der Waals surface area contributed by atoms with E-state index in [9.17, 15) is 27.6 Å². The molecule has 0 atom stereocenters. The minimum absolute atomic E-state index is 0.0134. The predicted octanol–water partition coefficient (Wildman–Crippen LogP) is 4.80. The molecule has 1 N–H and O–H groups in total. The summed E-state index contributed by atoms with van der Waals surface area (Å²) in [6.07, 6.45) is -4.91. The maximum atomic E-state index is 13.6. The number of anilines is 1. The first-order chi connectivity index (χ1) is 19.5. The zero-order valence-corrected chi connectivity index (χ0v) is 22.8. The van der Waals surface area contributed by atoms with Crippen molar-refractivity contribution in [2.45, 2.75) is 13.3 Å². The molecule has 0 aliphatic carbocycles. The highest BCUT2D eigenvalue weighted by Gasteiger charge is 2.31. The van der Waals surface area contributed by atoms with Gasteiger partial charge < -0.3 is 29.0 Å². The van der Waals surface area contributed by atoms with E-state index in [4.69, 9.17) is 18.9 Å². The number of esters is 1. The highest BCUT2D eigenvalue weighted by Crippen LogP contribution is 2.39. The molecule has 11 nitrogen and oxygen atoms in total. The Morgan fingerprint density at radius 1 is 1.02 bits per heavy atom. The molecule has 4 aromatic rings. The largest absolute Gasteiger partial charge is 0.573 e. The van der Waals surface area contributed by atoms with E-state index in [2.05, 4.69) is 15.2 Å². The first kappa shape index (κ1) is 29.2. The summed E-state index contributed by atoms with van der Waals surface area (Å²) >= 11 is 0.965. The van der Waals surface area contributed by atoms with Crippen LogP contribution in [0.4, 0.5) is 18.2 Å². The maximum absolute atomic E-state index is 13.6. The van der Waals surface area contributed by atoms with E-state index in [1.807, 2.05) is 0 Å². The molecule has 0 saturated carbocycles. The number of nitrogens with one attached hydrogen (secondary N) is 1. The van der Waals surface area contributed by atoms with Gasteiger partial charge in [-0.2, -0.15) is 9.78 Å². The minimum atomic E-state index is -4.91. The zero-order valence-electron chi connectivity index (χ0n) is 22.0. The number of methoxy groups -OCH3 is 3. The Morgan fingerprint density at radius 2 is 1.66 bits per heavy atom. The maximum Gasteiger partial charge on any atom is 0.573 e. The summed E-state index contributed by atoms with van der Waals surface area (Å²) < 4.78 is 63.4. The minimum Gasteiger partial charge on any atom is -0.493 e. The Labute approximate surface area is 234 Å². The van der Waals surface area contributed by atoms with Crippen LogP contribution in [0, 0.1) is 0 Å². The number of hydrogen-bond acceptors (Lipinski definition) is 10. The molecule has 4 rings (SSSR count). The second kappa shape index (κ2) is 11.8. The number of rotatable bonds is 9. The topological polar surface area (TPSA) is 127 Å². The van der Waals surface area contributed by atoms with Crippen LogP contribution in [-0.2, 0) is 4.74 Å². The third kappa shape index (κ3) is 6.04.